The molecule has 200 valence electrons. The van der Waals surface area contributed by atoms with Crippen molar-refractivity contribution >= 4 is 40.0 Å². The Morgan fingerprint density at radius 3 is 2.08 bits per heavy atom. The number of carbonyl (C=O) groups is 2. The standard InChI is InChI=1S/C31H32N4O3S/c1-31(2,3)27(36)21-39-30-32-26-20-22(14-15-25(26)29(38)35(30)24-12-8-5-9-13-24)28(37)34-18-16-33(17-19-34)23-10-6-4-7-11-23/h4-15,20H,16-19,21H2,1-3H3. The summed E-state index contributed by atoms with van der Waals surface area (Å²) >= 11 is 1.25. The summed E-state index contributed by atoms with van der Waals surface area (Å²) in [5, 5.41) is 0.855. The summed E-state index contributed by atoms with van der Waals surface area (Å²) in [6.07, 6.45) is 0. The van der Waals surface area contributed by atoms with Gasteiger partial charge in [-0.3, -0.25) is 19.0 Å². The van der Waals surface area contributed by atoms with Gasteiger partial charge >= 0.3 is 0 Å². The minimum absolute atomic E-state index is 0.0695. The Morgan fingerprint density at radius 1 is 0.846 bits per heavy atom. The number of carbonyl (C=O) groups excluding carboxylic acids is 2. The van der Waals surface area contributed by atoms with Gasteiger partial charge in [-0.25, -0.2) is 4.98 Å². The molecule has 1 aliphatic heterocycles. The molecule has 8 heteroatoms. The van der Waals surface area contributed by atoms with Crippen LogP contribution in [0.3, 0.4) is 0 Å². The molecule has 0 saturated carbocycles. The highest BCUT2D eigenvalue weighted by Gasteiger charge is 2.25. The number of Topliss-reactive ketones (excluding diaryl/α,β-unsaturated/α-hetero) is 1. The van der Waals surface area contributed by atoms with Crippen LogP contribution in [0.2, 0.25) is 0 Å². The zero-order chi connectivity index (χ0) is 27.6. The zero-order valence-electron chi connectivity index (χ0n) is 22.5. The summed E-state index contributed by atoms with van der Waals surface area (Å²) in [4.78, 5) is 48.7. The van der Waals surface area contributed by atoms with Crippen molar-refractivity contribution in [2.75, 3.05) is 36.8 Å². The number of nitrogens with zero attached hydrogens (tertiary/aromatic N) is 4. The van der Waals surface area contributed by atoms with Crippen LogP contribution in [0.15, 0.2) is 88.8 Å². The Balaban J connectivity index is 1.44. The second-order valence-electron chi connectivity index (χ2n) is 10.7. The number of piperazine rings is 1. The van der Waals surface area contributed by atoms with Gasteiger partial charge in [-0.05, 0) is 42.5 Å². The van der Waals surface area contributed by atoms with Crippen molar-refractivity contribution in [1.82, 2.24) is 14.5 Å². The summed E-state index contributed by atoms with van der Waals surface area (Å²) in [7, 11) is 0. The Labute approximate surface area is 232 Å². The van der Waals surface area contributed by atoms with Crippen LogP contribution in [-0.2, 0) is 4.79 Å². The number of hydrogen-bond donors (Lipinski definition) is 0. The normalized spacial score (nSPS) is 14.0. The molecule has 0 spiro atoms. The quantitative estimate of drug-likeness (QED) is 0.252. The van der Waals surface area contributed by atoms with Crippen LogP contribution in [0.25, 0.3) is 16.6 Å². The molecule has 1 amide bonds. The number of anilines is 1. The van der Waals surface area contributed by atoms with E-state index in [0.717, 1.165) is 18.8 Å². The van der Waals surface area contributed by atoms with E-state index < -0.39 is 5.41 Å². The second kappa shape index (κ2) is 11.1. The van der Waals surface area contributed by atoms with Crippen LogP contribution >= 0.6 is 11.8 Å². The Morgan fingerprint density at radius 2 is 1.46 bits per heavy atom. The number of benzene rings is 3. The second-order valence-corrected chi connectivity index (χ2v) is 11.6. The van der Waals surface area contributed by atoms with Crippen LogP contribution in [0.1, 0.15) is 31.1 Å². The first-order valence-electron chi connectivity index (χ1n) is 13.1. The number of fused-ring (bicyclic) bond motifs is 1. The molecule has 1 aliphatic rings. The van der Waals surface area contributed by atoms with E-state index in [4.69, 9.17) is 4.98 Å². The van der Waals surface area contributed by atoms with Gasteiger partial charge in [-0.1, -0.05) is 68.9 Å². The topological polar surface area (TPSA) is 75.5 Å². The van der Waals surface area contributed by atoms with E-state index in [-0.39, 0.29) is 23.0 Å². The third kappa shape index (κ3) is 5.76. The van der Waals surface area contributed by atoms with Crippen molar-refractivity contribution in [1.29, 1.82) is 0 Å². The highest BCUT2D eigenvalue weighted by atomic mass is 32.2. The highest BCUT2D eigenvalue weighted by molar-refractivity contribution is 7.99. The molecule has 0 N–H and O–H groups in total. The average molecular weight is 541 g/mol. The largest absolute Gasteiger partial charge is 0.368 e. The lowest BCUT2D eigenvalue weighted by molar-refractivity contribution is -0.123. The smallest absolute Gasteiger partial charge is 0.266 e. The van der Waals surface area contributed by atoms with Gasteiger partial charge in [-0.2, -0.15) is 0 Å². The van der Waals surface area contributed by atoms with E-state index in [9.17, 15) is 14.4 Å². The van der Waals surface area contributed by atoms with E-state index in [1.54, 1.807) is 22.8 Å². The maximum absolute atomic E-state index is 13.7. The number of thioether (sulfide) groups is 1. The number of aromatic nitrogens is 2. The molecule has 0 atom stereocenters. The van der Waals surface area contributed by atoms with Gasteiger partial charge in [0, 0.05) is 42.8 Å². The third-order valence-corrected chi connectivity index (χ3v) is 7.90. The summed E-state index contributed by atoms with van der Waals surface area (Å²) in [5.74, 6) is 0.189. The molecule has 39 heavy (non-hydrogen) atoms. The molecule has 1 fully saturated rings. The lowest BCUT2D eigenvalue weighted by Gasteiger charge is -2.36. The maximum atomic E-state index is 13.7. The summed E-state index contributed by atoms with van der Waals surface area (Å²) in [6, 6.07) is 24.6. The monoisotopic (exact) mass is 540 g/mol. The van der Waals surface area contributed by atoms with Gasteiger partial charge in [0.15, 0.2) is 5.16 Å². The first-order valence-corrected chi connectivity index (χ1v) is 14.1. The Bertz CT molecular complexity index is 1550. The number of rotatable bonds is 6. The molecule has 5 rings (SSSR count). The number of ketones is 1. The average Bonchev–Trinajstić information content (AvgIpc) is 2.95. The predicted molar refractivity (Wildman–Crippen MR) is 157 cm³/mol. The van der Waals surface area contributed by atoms with Crippen molar-refractivity contribution in [3.63, 3.8) is 0 Å². The lowest BCUT2D eigenvalue weighted by atomic mass is 9.92. The van der Waals surface area contributed by atoms with E-state index in [0.29, 0.717) is 40.4 Å². The van der Waals surface area contributed by atoms with E-state index in [2.05, 4.69) is 17.0 Å². The number of amides is 1. The van der Waals surface area contributed by atoms with Crippen LogP contribution in [0, 0.1) is 5.41 Å². The van der Waals surface area contributed by atoms with Crippen LogP contribution in [-0.4, -0.2) is 58.1 Å². The predicted octanol–water partition coefficient (Wildman–Crippen LogP) is 5.06. The number of para-hydroxylation sites is 2. The van der Waals surface area contributed by atoms with Crippen molar-refractivity contribution in [3.8, 4) is 5.69 Å². The Kier molecular flexibility index (Phi) is 7.57. The lowest BCUT2D eigenvalue weighted by Crippen LogP contribution is -2.48. The molecular weight excluding hydrogens is 508 g/mol. The minimum atomic E-state index is -0.494. The SMILES string of the molecule is CC(C)(C)C(=O)CSc1nc2cc(C(=O)N3CCN(c4ccccc4)CC3)ccc2c(=O)n1-c1ccccc1. The zero-order valence-corrected chi connectivity index (χ0v) is 23.3. The van der Waals surface area contributed by atoms with E-state index in [1.165, 1.54) is 11.8 Å². The van der Waals surface area contributed by atoms with Gasteiger partial charge in [0.1, 0.15) is 5.78 Å². The van der Waals surface area contributed by atoms with Crippen LogP contribution in [0.5, 0.6) is 0 Å². The highest BCUT2D eigenvalue weighted by Crippen LogP contribution is 2.26. The molecular formula is C31H32N4O3S. The van der Waals surface area contributed by atoms with Gasteiger partial charge in [0.25, 0.3) is 11.5 Å². The maximum Gasteiger partial charge on any atom is 0.266 e. The van der Waals surface area contributed by atoms with Crippen LogP contribution < -0.4 is 10.5 Å². The fourth-order valence-electron chi connectivity index (χ4n) is 4.54. The summed E-state index contributed by atoms with van der Waals surface area (Å²) in [5.41, 5.74) is 2.07. The van der Waals surface area contributed by atoms with Crippen molar-refractivity contribution < 1.29 is 9.59 Å². The van der Waals surface area contributed by atoms with Crippen LogP contribution in [0.4, 0.5) is 5.69 Å². The molecule has 0 radical (unpaired) electrons. The molecule has 1 aromatic heterocycles. The fourth-order valence-corrected chi connectivity index (χ4v) is 5.71. The molecule has 0 bridgehead atoms. The molecule has 0 unspecified atom stereocenters. The van der Waals surface area contributed by atoms with Gasteiger partial charge in [0.2, 0.25) is 0 Å². The van der Waals surface area contributed by atoms with Gasteiger partial charge < -0.3 is 9.80 Å². The van der Waals surface area contributed by atoms with Crippen molar-refractivity contribution in [2.45, 2.75) is 25.9 Å². The van der Waals surface area contributed by atoms with Gasteiger partial charge in [0.05, 0.1) is 22.3 Å². The first-order chi connectivity index (χ1) is 18.7. The molecule has 4 aromatic rings. The molecule has 2 heterocycles. The van der Waals surface area contributed by atoms with E-state index >= 15 is 0 Å². The minimum Gasteiger partial charge on any atom is -0.368 e. The summed E-state index contributed by atoms with van der Waals surface area (Å²) in [6.45, 7) is 8.39. The van der Waals surface area contributed by atoms with Crippen molar-refractivity contribution in [2.24, 2.45) is 5.41 Å². The Hall–Kier alpha value is -3.91. The molecule has 1 saturated heterocycles. The molecule has 7 nitrogen and oxygen atoms in total. The number of hydrogen-bond acceptors (Lipinski definition) is 6. The summed E-state index contributed by atoms with van der Waals surface area (Å²) < 4.78 is 1.55. The fraction of sp³-hybridized carbons (Fsp3) is 0.290. The van der Waals surface area contributed by atoms with E-state index in [1.807, 2.05) is 74.2 Å². The van der Waals surface area contributed by atoms with Gasteiger partial charge in [-0.15, -0.1) is 0 Å². The third-order valence-electron chi connectivity index (χ3n) is 6.96. The molecule has 0 aliphatic carbocycles. The molecule has 3 aromatic carbocycles. The van der Waals surface area contributed by atoms with Crippen molar-refractivity contribution in [3.05, 3.63) is 94.8 Å². The first kappa shape index (κ1) is 26.7.